The number of nitro groups is 1. The standard InChI is InChI=1S/C13H18N2O5/c1-9-13(16,5-6-20-9)8-14-10-3-4-11(15(17)18)12(7-10)19-2/h3-4,7,9,14,16H,5-6,8H2,1-2H3. The number of aliphatic hydroxyl groups is 1. The maximum absolute atomic E-state index is 10.8. The van der Waals surface area contributed by atoms with E-state index in [0.717, 1.165) is 0 Å². The molecule has 1 aromatic rings. The van der Waals surface area contributed by atoms with Gasteiger partial charge in [0.15, 0.2) is 5.75 Å². The zero-order valence-electron chi connectivity index (χ0n) is 11.5. The lowest BCUT2D eigenvalue weighted by Gasteiger charge is -2.26. The van der Waals surface area contributed by atoms with E-state index in [4.69, 9.17) is 9.47 Å². The second-order valence-electron chi connectivity index (χ2n) is 4.86. The number of hydrogen-bond donors (Lipinski definition) is 2. The van der Waals surface area contributed by atoms with Gasteiger partial charge in [-0.25, -0.2) is 0 Å². The molecule has 0 aromatic heterocycles. The zero-order chi connectivity index (χ0) is 14.8. The van der Waals surface area contributed by atoms with Crippen LogP contribution < -0.4 is 10.1 Å². The first-order valence-electron chi connectivity index (χ1n) is 6.36. The molecule has 1 heterocycles. The minimum absolute atomic E-state index is 0.0886. The summed E-state index contributed by atoms with van der Waals surface area (Å²) in [5.74, 6) is 0.183. The largest absolute Gasteiger partial charge is 0.490 e. The van der Waals surface area contributed by atoms with E-state index in [-0.39, 0.29) is 17.5 Å². The second-order valence-corrected chi connectivity index (χ2v) is 4.86. The zero-order valence-corrected chi connectivity index (χ0v) is 11.5. The Morgan fingerprint density at radius 2 is 2.40 bits per heavy atom. The van der Waals surface area contributed by atoms with Crippen molar-refractivity contribution in [1.82, 2.24) is 0 Å². The summed E-state index contributed by atoms with van der Waals surface area (Å²) in [4.78, 5) is 10.3. The van der Waals surface area contributed by atoms with Crippen LogP contribution >= 0.6 is 0 Å². The minimum Gasteiger partial charge on any atom is -0.490 e. The van der Waals surface area contributed by atoms with Crippen molar-refractivity contribution < 1.29 is 19.5 Å². The number of ether oxygens (including phenoxy) is 2. The van der Waals surface area contributed by atoms with E-state index in [1.54, 1.807) is 12.1 Å². The fourth-order valence-electron chi connectivity index (χ4n) is 2.20. The third kappa shape index (κ3) is 2.83. The molecule has 0 bridgehead atoms. The SMILES string of the molecule is COc1cc(NCC2(O)CCOC2C)ccc1[N+](=O)[O-]. The molecule has 2 unspecified atom stereocenters. The summed E-state index contributed by atoms with van der Waals surface area (Å²) in [5, 5.41) is 24.2. The quantitative estimate of drug-likeness (QED) is 0.628. The van der Waals surface area contributed by atoms with Gasteiger partial charge in [-0.3, -0.25) is 10.1 Å². The molecular formula is C13H18N2O5. The fourth-order valence-corrected chi connectivity index (χ4v) is 2.20. The van der Waals surface area contributed by atoms with Gasteiger partial charge in [0, 0.05) is 37.4 Å². The number of nitro benzene ring substituents is 1. The molecule has 2 rings (SSSR count). The highest BCUT2D eigenvalue weighted by atomic mass is 16.6. The number of rotatable bonds is 5. The van der Waals surface area contributed by atoms with Crippen LogP contribution in [0.2, 0.25) is 0 Å². The molecule has 7 heteroatoms. The third-order valence-corrected chi connectivity index (χ3v) is 3.63. The Bertz CT molecular complexity index is 508. The number of hydrogen-bond acceptors (Lipinski definition) is 6. The Kier molecular flexibility index (Phi) is 4.10. The number of methoxy groups -OCH3 is 1. The lowest BCUT2D eigenvalue weighted by atomic mass is 9.96. The highest BCUT2D eigenvalue weighted by Crippen LogP contribution is 2.31. The van der Waals surface area contributed by atoms with Crippen LogP contribution in [0.4, 0.5) is 11.4 Å². The predicted octanol–water partition coefficient (Wildman–Crippen LogP) is 1.56. The maximum atomic E-state index is 10.8. The number of nitrogens with one attached hydrogen (secondary N) is 1. The molecule has 20 heavy (non-hydrogen) atoms. The van der Waals surface area contributed by atoms with Crippen molar-refractivity contribution in [3.63, 3.8) is 0 Å². The average molecular weight is 282 g/mol. The van der Waals surface area contributed by atoms with Crippen LogP contribution in [0.15, 0.2) is 18.2 Å². The molecule has 0 saturated carbocycles. The topological polar surface area (TPSA) is 93.9 Å². The Morgan fingerprint density at radius 1 is 1.65 bits per heavy atom. The minimum atomic E-state index is -0.922. The van der Waals surface area contributed by atoms with E-state index >= 15 is 0 Å². The van der Waals surface area contributed by atoms with Gasteiger partial charge in [-0.2, -0.15) is 0 Å². The molecule has 1 saturated heterocycles. The molecule has 1 aliphatic rings. The average Bonchev–Trinajstić information content (AvgIpc) is 2.76. The fraction of sp³-hybridized carbons (Fsp3) is 0.538. The van der Waals surface area contributed by atoms with E-state index in [2.05, 4.69) is 5.32 Å². The van der Waals surface area contributed by atoms with Crippen LogP contribution in [0.25, 0.3) is 0 Å². The second kappa shape index (κ2) is 5.64. The van der Waals surface area contributed by atoms with Gasteiger partial charge in [-0.05, 0) is 13.0 Å². The van der Waals surface area contributed by atoms with Crippen molar-refractivity contribution in [3.8, 4) is 5.75 Å². The van der Waals surface area contributed by atoms with E-state index in [1.165, 1.54) is 13.2 Å². The number of anilines is 1. The van der Waals surface area contributed by atoms with Gasteiger partial charge in [0.2, 0.25) is 0 Å². The van der Waals surface area contributed by atoms with Crippen LogP contribution in [-0.2, 0) is 4.74 Å². The van der Waals surface area contributed by atoms with Crippen LogP contribution in [-0.4, -0.2) is 42.0 Å². The van der Waals surface area contributed by atoms with Gasteiger partial charge in [0.1, 0.15) is 5.60 Å². The van der Waals surface area contributed by atoms with Gasteiger partial charge in [0.25, 0.3) is 0 Å². The molecule has 0 amide bonds. The van der Waals surface area contributed by atoms with Crippen molar-refractivity contribution >= 4 is 11.4 Å². The van der Waals surface area contributed by atoms with Crippen LogP contribution in [0.3, 0.4) is 0 Å². The lowest BCUT2D eigenvalue weighted by Crippen LogP contribution is -2.43. The highest BCUT2D eigenvalue weighted by Gasteiger charge is 2.39. The summed E-state index contributed by atoms with van der Waals surface area (Å²) in [6.45, 7) is 2.67. The Hall–Kier alpha value is -1.86. The molecule has 2 N–H and O–H groups in total. The van der Waals surface area contributed by atoms with Crippen molar-refractivity contribution in [2.45, 2.75) is 25.0 Å². The van der Waals surface area contributed by atoms with E-state index in [0.29, 0.717) is 25.3 Å². The lowest BCUT2D eigenvalue weighted by molar-refractivity contribution is -0.385. The molecule has 1 fully saturated rings. The first kappa shape index (κ1) is 14.5. The van der Waals surface area contributed by atoms with E-state index < -0.39 is 10.5 Å². The number of nitrogens with zero attached hydrogens (tertiary/aromatic N) is 1. The normalized spacial score (nSPS) is 25.4. The number of benzene rings is 1. The monoisotopic (exact) mass is 282 g/mol. The molecule has 1 aliphatic heterocycles. The smallest absolute Gasteiger partial charge is 0.311 e. The summed E-state index contributed by atoms with van der Waals surface area (Å²) in [6, 6.07) is 4.51. The summed E-state index contributed by atoms with van der Waals surface area (Å²) < 4.78 is 10.3. The van der Waals surface area contributed by atoms with Gasteiger partial charge in [-0.15, -0.1) is 0 Å². The van der Waals surface area contributed by atoms with E-state index in [9.17, 15) is 15.2 Å². The molecule has 1 aromatic carbocycles. The molecule has 110 valence electrons. The molecule has 0 spiro atoms. The van der Waals surface area contributed by atoms with Crippen molar-refractivity contribution in [2.24, 2.45) is 0 Å². The van der Waals surface area contributed by atoms with Crippen molar-refractivity contribution in [3.05, 3.63) is 28.3 Å². The third-order valence-electron chi connectivity index (χ3n) is 3.63. The Balaban J connectivity index is 2.09. The summed E-state index contributed by atoms with van der Waals surface area (Å²) in [6.07, 6.45) is 0.320. The van der Waals surface area contributed by atoms with Gasteiger partial charge in [-0.1, -0.05) is 0 Å². The molecule has 0 radical (unpaired) electrons. The molecule has 7 nitrogen and oxygen atoms in total. The van der Waals surface area contributed by atoms with Gasteiger partial charge in [0.05, 0.1) is 18.1 Å². The van der Waals surface area contributed by atoms with Crippen LogP contribution in [0, 0.1) is 10.1 Å². The maximum Gasteiger partial charge on any atom is 0.311 e. The summed E-state index contributed by atoms with van der Waals surface area (Å²) >= 11 is 0. The Morgan fingerprint density at radius 3 is 2.95 bits per heavy atom. The molecular weight excluding hydrogens is 264 g/mol. The predicted molar refractivity (Wildman–Crippen MR) is 73.1 cm³/mol. The van der Waals surface area contributed by atoms with Crippen molar-refractivity contribution in [2.75, 3.05) is 25.6 Å². The molecule has 2 atom stereocenters. The van der Waals surface area contributed by atoms with Crippen molar-refractivity contribution in [1.29, 1.82) is 0 Å². The van der Waals surface area contributed by atoms with E-state index in [1.807, 2.05) is 6.92 Å². The first-order valence-corrected chi connectivity index (χ1v) is 6.36. The first-order chi connectivity index (χ1) is 9.46. The summed E-state index contributed by atoms with van der Waals surface area (Å²) in [7, 11) is 1.38. The van der Waals surface area contributed by atoms with Crippen LogP contribution in [0.1, 0.15) is 13.3 Å². The summed E-state index contributed by atoms with van der Waals surface area (Å²) in [5.41, 5.74) is -0.357. The Labute approximate surface area is 116 Å². The van der Waals surface area contributed by atoms with Gasteiger partial charge < -0.3 is 19.9 Å². The highest BCUT2D eigenvalue weighted by molar-refractivity contribution is 5.58. The van der Waals surface area contributed by atoms with Crippen LogP contribution in [0.5, 0.6) is 5.75 Å². The van der Waals surface area contributed by atoms with Gasteiger partial charge >= 0.3 is 5.69 Å². The molecule has 0 aliphatic carbocycles.